The van der Waals surface area contributed by atoms with Crippen molar-refractivity contribution in [3.8, 4) is 33.4 Å². The van der Waals surface area contributed by atoms with E-state index < -0.39 is 0 Å². The first-order chi connectivity index (χ1) is 34.6. The lowest BCUT2D eigenvalue weighted by Gasteiger charge is -2.15. The van der Waals surface area contributed by atoms with Crippen molar-refractivity contribution in [3.63, 3.8) is 0 Å². The first-order valence-electron chi connectivity index (χ1n) is 24.1. The zero-order valence-electron chi connectivity index (χ0n) is 38.3. The van der Waals surface area contributed by atoms with Crippen molar-refractivity contribution < 1.29 is 4.42 Å². The summed E-state index contributed by atoms with van der Waals surface area (Å²) in [5, 5.41) is 20.0. The van der Waals surface area contributed by atoms with Crippen molar-refractivity contribution in [3.05, 3.63) is 206 Å². The van der Waals surface area contributed by atoms with Crippen molar-refractivity contribution in [2.24, 2.45) is 14.1 Å². The van der Waals surface area contributed by atoms with Gasteiger partial charge in [0.1, 0.15) is 11.2 Å². The van der Waals surface area contributed by atoms with Gasteiger partial charge in [0, 0.05) is 94.0 Å². The number of aryl methyl sites for hydroxylation is 2. The van der Waals surface area contributed by atoms with Crippen LogP contribution < -0.4 is 0 Å². The van der Waals surface area contributed by atoms with E-state index in [1.165, 1.54) is 118 Å². The lowest BCUT2D eigenvalue weighted by Crippen LogP contribution is -1.91. The van der Waals surface area contributed by atoms with Crippen molar-refractivity contribution in [1.29, 1.82) is 0 Å². The number of aromatic nitrogens is 2. The molecular weight excluding hydrogens is 869 g/mol. The summed E-state index contributed by atoms with van der Waals surface area (Å²) < 4.78 is 14.4. The number of furan rings is 1. The third-order valence-corrected chi connectivity index (χ3v) is 16.8. The minimum atomic E-state index is 0.893. The molecule has 0 aliphatic rings. The first kappa shape index (κ1) is 38.3. The molecule has 16 aromatic rings. The van der Waals surface area contributed by atoms with Gasteiger partial charge in [0.05, 0.1) is 11.0 Å². The maximum atomic E-state index is 6.99. The average molecular weight is 909 g/mol. The second kappa shape index (κ2) is 13.9. The molecule has 0 N–H and O–H groups in total. The number of hydrogen-bond acceptors (Lipinski definition) is 2. The molecule has 0 fully saturated rings. The van der Waals surface area contributed by atoms with E-state index in [2.05, 4.69) is 229 Å². The van der Waals surface area contributed by atoms with Gasteiger partial charge in [0.2, 0.25) is 0 Å². The highest BCUT2D eigenvalue weighted by Crippen LogP contribution is 2.48. The molecule has 4 heterocycles. The fourth-order valence-electron chi connectivity index (χ4n) is 12.6. The second-order valence-corrected chi connectivity index (χ2v) is 20.3. The molecule has 4 heteroatoms. The molecule has 3 nitrogen and oxygen atoms in total. The number of para-hydroxylation sites is 1. The van der Waals surface area contributed by atoms with Gasteiger partial charge in [-0.3, -0.25) is 0 Å². The van der Waals surface area contributed by atoms with Gasteiger partial charge < -0.3 is 13.6 Å². The van der Waals surface area contributed by atoms with Gasteiger partial charge in [-0.1, -0.05) is 152 Å². The summed E-state index contributed by atoms with van der Waals surface area (Å²) in [6.07, 6.45) is 0. The zero-order chi connectivity index (χ0) is 45.9. The summed E-state index contributed by atoms with van der Waals surface area (Å²) in [6, 6.07) is 76.8. The molecule has 16 rings (SSSR count). The summed E-state index contributed by atoms with van der Waals surface area (Å²) in [6.45, 7) is 0. The standard InChI is InChI=1S/C66H40N2OS/c1-67-56-31-25-37(38-23-27-47-46-17-10-12-22-59(46)70-60(47)36-38)33-54(56)63-49-28-24-40(35-53(49)44-15-5-8-20-51(44)65(63)67)61-41(29-30-52-45-16-9-11-21-58(45)69-66(52)61)39-26-32-57-55(34-39)62-48-18-6-3-13-42(48)43-14-4-7-19-50(43)64(62)68(57)2/h3-36H,1-2H3. The van der Waals surface area contributed by atoms with E-state index in [-0.39, 0.29) is 0 Å². The molecular formula is C66H40N2OS. The molecule has 0 unspecified atom stereocenters. The Morgan fingerprint density at radius 2 is 0.800 bits per heavy atom. The molecule has 0 saturated carbocycles. The van der Waals surface area contributed by atoms with Gasteiger partial charge in [-0.05, 0) is 115 Å². The summed E-state index contributed by atoms with van der Waals surface area (Å²) in [4.78, 5) is 0. The van der Waals surface area contributed by atoms with Crippen LogP contribution in [0.15, 0.2) is 211 Å². The Morgan fingerprint density at radius 1 is 0.329 bits per heavy atom. The summed E-state index contributed by atoms with van der Waals surface area (Å²) in [5.74, 6) is 0. The van der Waals surface area contributed by atoms with E-state index in [1.807, 2.05) is 11.3 Å². The Morgan fingerprint density at radius 3 is 1.53 bits per heavy atom. The predicted octanol–water partition coefficient (Wildman–Crippen LogP) is 18.9. The van der Waals surface area contributed by atoms with Crippen LogP contribution >= 0.6 is 11.3 Å². The van der Waals surface area contributed by atoms with Crippen LogP contribution in [-0.2, 0) is 14.1 Å². The lowest BCUT2D eigenvalue weighted by molar-refractivity contribution is 0.670. The highest BCUT2D eigenvalue weighted by Gasteiger charge is 2.23. The van der Waals surface area contributed by atoms with Crippen LogP contribution in [0.3, 0.4) is 0 Å². The summed E-state index contributed by atoms with van der Waals surface area (Å²) in [5.41, 5.74) is 13.8. The smallest absolute Gasteiger partial charge is 0.143 e. The highest BCUT2D eigenvalue weighted by molar-refractivity contribution is 7.25. The molecule has 0 atom stereocenters. The van der Waals surface area contributed by atoms with E-state index in [9.17, 15) is 0 Å². The van der Waals surface area contributed by atoms with Crippen molar-refractivity contribution in [2.75, 3.05) is 0 Å². The monoisotopic (exact) mass is 908 g/mol. The maximum Gasteiger partial charge on any atom is 0.143 e. The quantitative estimate of drug-likeness (QED) is 0.162. The molecule has 70 heavy (non-hydrogen) atoms. The predicted molar refractivity (Wildman–Crippen MR) is 301 cm³/mol. The van der Waals surface area contributed by atoms with Gasteiger partial charge in [-0.2, -0.15) is 0 Å². The van der Waals surface area contributed by atoms with E-state index in [0.29, 0.717) is 0 Å². The van der Waals surface area contributed by atoms with Crippen molar-refractivity contribution >= 4 is 140 Å². The third kappa shape index (κ3) is 5.07. The molecule has 0 saturated heterocycles. The molecule has 0 amide bonds. The van der Waals surface area contributed by atoms with Gasteiger partial charge in [0.15, 0.2) is 0 Å². The molecule has 4 aromatic heterocycles. The van der Waals surface area contributed by atoms with E-state index in [4.69, 9.17) is 4.42 Å². The van der Waals surface area contributed by atoms with Crippen LogP contribution in [0.25, 0.3) is 162 Å². The molecule has 0 bridgehead atoms. The van der Waals surface area contributed by atoms with Crippen molar-refractivity contribution in [1.82, 2.24) is 9.13 Å². The molecule has 12 aromatic carbocycles. The highest BCUT2D eigenvalue weighted by atomic mass is 32.1. The molecule has 0 aliphatic carbocycles. The molecule has 0 radical (unpaired) electrons. The number of hydrogen-bond donors (Lipinski definition) is 0. The van der Waals surface area contributed by atoms with E-state index >= 15 is 0 Å². The molecule has 0 aliphatic heterocycles. The van der Waals surface area contributed by atoms with Crippen LogP contribution in [-0.4, -0.2) is 9.13 Å². The van der Waals surface area contributed by atoms with Crippen molar-refractivity contribution in [2.45, 2.75) is 0 Å². The summed E-state index contributed by atoms with van der Waals surface area (Å²) in [7, 11) is 4.45. The Labute approximate surface area is 405 Å². The number of benzene rings is 12. The average Bonchev–Trinajstić information content (AvgIpc) is 4.15. The number of rotatable bonds is 3. The number of thiophene rings is 1. The lowest BCUT2D eigenvalue weighted by atomic mass is 9.88. The SMILES string of the molecule is Cn1c2ccc(-c3ccc4c(c3)sc3ccccc34)cc2c2c3ccc(-c4c(-c5ccc6c(c5)c5c7ccccc7c7ccccc7c5n6C)ccc5c4oc4ccccc45)cc3c3ccccc3c21. The third-order valence-electron chi connectivity index (χ3n) is 15.7. The van der Waals surface area contributed by atoms with Crippen LogP contribution in [0.1, 0.15) is 0 Å². The second-order valence-electron chi connectivity index (χ2n) is 19.2. The fraction of sp³-hybridized carbons (Fsp3) is 0.0303. The van der Waals surface area contributed by atoms with E-state index in [0.717, 1.165) is 44.2 Å². The normalized spacial score (nSPS) is 12.4. The molecule has 0 spiro atoms. The largest absolute Gasteiger partial charge is 0.455 e. The molecule has 326 valence electrons. The number of fused-ring (bicyclic) bond motifs is 22. The Balaban J connectivity index is 0.958. The minimum absolute atomic E-state index is 0.893. The van der Waals surface area contributed by atoms with Gasteiger partial charge in [0.25, 0.3) is 0 Å². The first-order valence-corrected chi connectivity index (χ1v) is 24.9. The van der Waals surface area contributed by atoms with Crippen LogP contribution in [0.2, 0.25) is 0 Å². The van der Waals surface area contributed by atoms with Gasteiger partial charge >= 0.3 is 0 Å². The summed E-state index contributed by atoms with van der Waals surface area (Å²) >= 11 is 1.87. The zero-order valence-corrected chi connectivity index (χ0v) is 39.2. The topological polar surface area (TPSA) is 23.0 Å². The van der Waals surface area contributed by atoms with Gasteiger partial charge in [-0.15, -0.1) is 11.3 Å². The Bertz CT molecular complexity index is 4980. The van der Waals surface area contributed by atoms with E-state index in [1.54, 1.807) is 0 Å². The maximum absolute atomic E-state index is 6.99. The van der Waals surface area contributed by atoms with Gasteiger partial charge in [-0.25, -0.2) is 0 Å². The Hall–Kier alpha value is -8.70. The van der Waals surface area contributed by atoms with Crippen LogP contribution in [0, 0.1) is 0 Å². The van der Waals surface area contributed by atoms with Crippen LogP contribution in [0.4, 0.5) is 0 Å². The number of nitrogens with zero attached hydrogens (tertiary/aromatic N) is 2. The van der Waals surface area contributed by atoms with Crippen LogP contribution in [0.5, 0.6) is 0 Å². The minimum Gasteiger partial charge on any atom is -0.455 e. The Kier molecular flexibility index (Phi) is 7.63. The fourth-order valence-corrected chi connectivity index (χ4v) is 13.7.